The van der Waals surface area contributed by atoms with Crippen LogP contribution in [0, 0.1) is 0 Å². The number of hydrazine groups is 2. The summed E-state index contributed by atoms with van der Waals surface area (Å²) in [5, 5.41) is 5.09. The van der Waals surface area contributed by atoms with Crippen LogP contribution in [0.5, 0.6) is 0 Å². The maximum atomic E-state index is 13.7. The summed E-state index contributed by atoms with van der Waals surface area (Å²) in [7, 11) is 0. The first-order valence-corrected chi connectivity index (χ1v) is 15.2. The maximum Gasteiger partial charge on any atom is 0.345 e. The molecular formula is C33H28BrN7O3S. The quantitative estimate of drug-likeness (QED) is 0.128. The summed E-state index contributed by atoms with van der Waals surface area (Å²) in [4.78, 5) is 44.2. The first kappa shape index (κ1) is 30.0. The number of hydrogen-bond acceptors (Lipinski definition) is 6. The zero-order chi connectivity index (χ0) is 31.5. The molecule has 5 aromatic rings. The van der Waals surface area contributed by atoms with Crippen LogP contribution in [0.15, 0.2) is 125 Å². The van der Waals surface area contributed by atoms with Crippen LogP contribution in [-0.4, -0.2) is 32.5 Å². The number of halogens is 1. The number of fused-ring (bicyclic) bond motifs is 1. The van der Waals surface area contributed by atoms with Crippen molar-refractivity contribution in [3.8, 4) is 0 Å². The third-order valence-corrected chi connectivity index (χ3v) is 8.28. The molecule has 0 saturated heterocycles. The Bertz CT molecular complexity index is 1900. The lowest BCUT2D eigenvalue weighted by Crippen LogP contribution is -2.54. The molecule has 1 aliphatic heterocycles. The number of benzene rings is 4. The fourth-order valence-corrected chi connectivity index (χ4v) is 5.89. The van der Waals surface area contributed by atoms with E-state index in [9.17, 15) is 14.4 Å². The third kappa shape index (κ3) is 6.28. The molecule has 1 aromatic heterocycles. The van der Waals surface area contributed by atoms with Crippen molar-refractivity contribution in [3.63, 3.8) is 0 Å². The van der Waals surface area contributed by atoms with Crippen molar-refractivity contribution in [2.45, 2.75) is 18.6 Å². The molecule has 2 heterocycles. The van der Waals surface area contributed by atoms with E-state index in [0.717, 1.165) is 30.5 Å². The fourth-order valence-electron chi connectivity index (χ4n) is 5.38. The molecule has 0 unspecified atom stereocenters. The van der Waals surface area contributed by atoms with Gasteiger partial charge in [0.2, 0.25) is 0 Å². The average Bonchev–Trinajstić information content (AvgIpc) is 3.40. The lowest BCUT2D eigenvalue weighted by molar-refractivity contribution is -0.122. The Morgan fingerprint density at radius 2 is 1.56 bits per heavy atom. The molecule has 4 N–H and O–H groups in total. The molecule has 2 atom stereocenters. The molecule has 45 heavy (non-hydrogen) atoms. The van der Waals surface area contributed by atoms with Crippen LogP contribution in [-0.2, 0) is 16.1 Å². The maximum absolute atomic E-state index is 13.7. The van der Waals surface area contributed by atoms with E-state index in [1.54, 1.807) is 41.1 Å². The summed E-state index contributed by atoms with van der Waals surface area (Å²) in [5.74, 6) is -0.784. The van der Waals surface area contributed by atoms with E-state index in [1.165, 1.54) is 0 Å². The van der Waals surface area contributed by atoms with Crippen molar-refractivity contribution in [1.82, 2.24) is 19.7 Å². The minimum Gasteiger partial charge on any atom is -0.349 e. The summed E-state index contributed by atoms with van der Waals surface area (Å²) >= 11 is 7.70. The second kappa shape index (κ2) is 12.9. The van der Waals surface area contributed by atoms with Crippen LogP contribution in [0.4, 0.5) is 10.5 Å². The lowest BCUT2D eigenvalue weighted by atomic mass is 9.91. The minimum atomic E-state index is -0.885. The van der Waals surface area contributed by atoms with Crippen LogP contribution >= 0.6 is 28.7 Å². The predicted octanol–water partition coefficient (Wildman–Crippen LogP) is 5.48. The Kier molecular flexibility index (Phi) is 8.58. The number of para-hydroxylation sites is 1. The van der Waals surface area contributed by atoms with Gasteiger partial charge in [0.1, 0.15) is 18.3 Å². The number of hydrogen-bond donors (Lipinski definition) is 4. The highest BCUT2D eigenvalue weighted by Crippen LogP contribution is 2.37. The molecular weight excluding hydrogens is 654 g/mol. The highest BCUT2D eigenvalue weighted by atomic mass is 79.9. The number of nitrogens with two attached hydrogens (primary N) is 1. The van der Waals surface area contributed by atoms with Gasteiger partial charge in [0, 0.05) is 27.1 Å². The molecule has 0 fully saturated rings. The van der Waals surface area contributed by atoms with E-state index in [0.29, 0.717) is 16.8 Å². The standard InChI is InChI=1S/C33H28BrN7O3S/c34-23-16-17-27-25(18-23)26(19-39(27)20-28(42)38-40(41(45)33(35)44)24-14-8-3-9-15-24)31-32(43)37-30(22-12-6-2-7-13-22)29(36-31)21-10-4-1-5-11-21/h1-19,29-30,45H,20H2,(H2,35,44)(H,37,43)(H,38,42)/t29-,30-/m0/s1. The van der Waals surface area contributed by atoms with Gasteiger partial charge < -0.3 is 15.6 Å². The molecule has 0 spiro atoms. The number of anilines is 1. The van der Waals surface area contributed by atoms with Gasteiger partial charge in [-0.2, -0.15) is 9.53 Å². The van der Waals surface area contributed by atoms with Gasteiger partial charge in [-0.3, -0.25) is 14.6 Å². The Hall–Kier alpha value is -5.07. The zero-order valence-corrected chi connectivity index (χ0v) is 26.2. The number of rotatable bonds is 8. The van der Waals surface area contributed by atoms with Crippen molar-refractivity contribution >= 4 is 68.9 Å². The Labute approximate surface area is 273 Å². The van der Waals surface area contributed by atoms with Crippen molar-refractivity contribution in [1.29, 1.82) is 0 Å². The number of amides is 4. The largest absolute Gasteiger partial charge is 0.349 e. The van der Waals surface area contributed by atoms with Gasteiger partial charge in [0.25, 0.3) is 11.8 Å². The van der Waals surface area contributed by atoms with E-state index >= 15 is 0 Å². The summed E-state index contributed by atoms with van der Waals surface area (Å²) < 4.78 is 3.34. The van der Waals surface area contributed by atoms with Gasteiger partial charge in [-0.1, -0.05) is 94.8 Å². The van der Waals surface area contributed by atoms with Crippen molar-refractivity contribution in [2.75, 3.05) is 5.12 Å². The van der Waals surface area contributed by atoms with E-state index in [-0.39, 0.29) is 30.2 Å². The molecule has 4 aromatic carbocycles. The molecule has 6 rings (SSSR count). The van der Waals surface area contributed by atoms with Crippen LogP contribution in [0.2, 0.25) is 0 Å². The first-order valence-electron chi connectivity index (χ1n) is 14.0. The number of aliphatic imine (C=N–C) groups is 1. The first-order chi connectivity index (χ1) is 21.8. The number of nitrogens with zero attached hydrogens (tertiary/aromatic N) is 4. The number of urea groups is 1. The van der Waals surface area contributed by atoms with E-state index in [1.807, 2.05) is 78.9 Å². The number of thiol groups is 1. The molecule has 4 amide bonds. The number of aromatic nitrogens is 1. The Morgan fingerprint density at radius 3 is 2.20 bits per heavy atom. The smallest absolute Gasteiger partial charge is 0.345 e. The van der Waals surface area contributed by atoms with Gasteiger partial charge in [-0.15, -0.1) is 0 Å². The summed E-state index contributed by atoms with van der Waals surface area (Å²) in [6.07, 6.45) is 1.75. The highest BCUT2D eigenvalue weighted by Gasteiger charge is 2.34. The molecule has 226 valence electrons. The highest BCUT2D eigenvalue weighted by molar-refractivity contribution is 9.10. The lowest BCUT2D eigenvalue weighted by Gasteiger charge is -2.31. The molecule has 12 heteroatoms. The van der Waals surface area contributed by atoms with Gasteiger partial charge in [0.05, 0.1) is 11.7 Å². The predicted molar refractivity (Wildman–Crippen MR) is 180 cm³/mol. The molecule has 0 aliphatic carbocycles. The summed E-state index contributed by atoms with van der Waals surface area (Å²) in [6.45, 7) is -0.147. The van der Waals surface area contributed by atoms with Crippen LogP contribution in [0.25, 0.3) is 10.9 Å². The van der Waals surface area contributed by atoms with Crippen molar-refractivity contribution < 1.29 is 14.4 Å². The van der Waals surface area contributed by atoms with Crippen molar-refractivity contribution in [2.24, 2.45) is 10.7 Å². The van der Waals surface area contributed by atoms with E-state index < -0.39 is 11.9 Å². The van der Waals surface area contributed by atoms with Gasteiger partial charge >= 0.3 is 6.03 Å². The second-order valence-electron chi connectivity index (χ2n) is 10.3. The number of carbonyl (C=O) groups is 3. The van der Waals surface area contributed by atoms with Crippen molar-refractivity contribution in [3.05, 3.63) is 137 Å². The van der Waals surface area contributed by atoms with Gasteiger partial charge in [-0.25, -0.2) is 10.2 Å². The second-order valence-corrected chi connectivity index (χ2v) is 11.6. The zero-order valence-electron chi connectivity index (χ0n) is 23.7. The van der Waals surface area contributed by atoms with Crippen LogP contribution in [0.3, 0.4) is 0 Å². The van der Waals surface area contributed by atoms with E-state index in [2.05, 4.69) is 39.5 Å². The Balaban J connectivity index is 1.38. The number of nitrogens with one attached hydrogen (secondary N) is 2. The molecule has 1 aliphatic rings. The fraction of sp³-hybridized carbons (Fsp3) is 0.0909. The third-order valence-electron chi connectivity index (χ3n) is 7.42. The number of primary amides is 1. The normalized spacial score (nSPS) is 16.0. The van der Waals surface area contributed by atoms with Crippen LogP contribution < -0.4 is 21.6 Å². The summed E-state index contributed by atoms with van der Waals surface area (Å²) in [5.41, 5.74) is 12.1. The van der Waals surface area contributed by atoms with Gasteiger partial charge in [0.15, 0.2) is 0 Å². The summed E-state index contributed by atoms with van der Waals surface area (Å²) in [6, 6.07) is 32.3. The monoisotopic (exact) mass is 681 g/mol. The Morgan fingerprint density at radius 1 is 0.933 bits per heavy atom. The van der Waals surface area contributed by atoms with Crippen LogP contribution in [0.1, 0.15) is 28.8 Å². The molecule has 0 radical (unpaired) electrons. The SMILES string of the molecule is NC(=O)N(S)N(NC(=O)Cn1cc(C2=N[C@@H](c3ccccc3)[C@H](c3ccccc3)NC2=O)c2cc(Br)ccc21)c1ccccc1. The topological polar surface area (TPSA) is 125 Å². The van der Waals surface area contributed by atoms with Gasteiger partial charge in [-0.05, 0) is 54.3 Å². The molecule has 0 bridgehead atoms. The molecule has 10 nitrogen and oxygen atoms in total. The van der Waals surface area contributed by atoms with E-state index in [4.69, 9.17) is 10.7 Å². The minimum absolute atomic E-state index is 0.147. The average molecular weight is 683 g/mol. The molecule has 0 saturated carbocycles. The number of carbonyl (C=O) groups excluding carboxylic acids is 3.